The third-order valence-corrected chi connectivity index (χ3v) is 4.22. The molecule has 0 radical (unpaired) electrons. The molecule has 1 N–H and O–H groups in total. The number of aromatic carboxylic acids is 1. The first-order chi connectivity index (χ1) is 9.11. The molecule has 1 aromatic heterocycles. The van der Waals surface area contributed by atoms with Crippen molar-refractivity contribution in [2.24, 2.45) is 5.92 Å². The first kappa shape index (κ1) is 14.1. The van der Waals surface area contributed by atoms with Crippen LogP contribution >= 0.6 is 0 Å². The molecule has 1 fully saturated rings. The Morgan fingerprint density at radius 2 is 2.16 bits per heavy atom. The number of carbonyl (C=O) groups is 1. The van der Waals surface area contributed by atoms with Crippen molar-refractivity contribution in [3.05, 3.63) is 24.0 Å². The highest BCUT2D eigenvalue weighted by molar-refractivity contribution is 5.85. The summed E-state index contributed by atoms with van der Waals surface area (Å²) in [4.78, 5) is 13.7. The number of rotatable bonds is 5. The quantitative estimate of drug-likeness (QED) is 0.889. The fourth-order valence-electron chi connectivity index (χ4n) is 2.84. The number of hydrogen-bond donors (Lipinski definition) is 1. The van der Waals surface area contributed by atoms with Crippen LogP contribution in [-0.4, -0.2) is 40.2 Å². The van der Waals surface area contributed by atoms with Crippen LogP contribution in [0.5, 0.6) is 0 Å². The van der Waals surface area contributed by atoms with Gasteiger partial charge in [0.05, 0.1) is 0 Å². The fourth-order valence-corrected chi connectivity index (χ4v) is 2.84. The van der Waals surface area contributed by atoms with Gasteiger partial charge in [0.2, 0.25) is 0 Å². The lowest BCUT2D eigenvalue weighted by atomic mass is 10.0. The molecular formula is C15H24N2O2. The van der Waals surface area contributed by atoms with Gasteiger partial charge in [0.15, 0.2) is 0 Å². The lowest BCUT2D eigenvalue weighted by molar-refractivity contribution is 0.0677. The van der Waals surface area contributed by atoms with E-state index in [9.17, 15) is 4.79 Å². The molecule has 4 nitrogen and oxygen atoms in total. The van der Waals surface area contributed by atoms with Gasteiger partial charge in [0.25, 0.3) is 0 Å². The number of hydrogen-bond acceptors (Lipinski definition) is 2. The second-order valence-corrected chi connectivity index (χ2v) is 5.65. The predicted molar refractivity (Wildman–Crippen MR) is 75.6 cm³/mol. The van der Waals surface area contributed by atoms with E-state index >= 15 is 0 Å². The zero-order chi connectivity index (χ0) is 13.8. The third-order valence-electron chi connectivity index (χ3n) is 4.22. The molecule has 19 heavy (non-hydrogen) atoms. The van der Waals surface area contributed by atoms with Gasteiger partial charge in [0.1, 0.15) is 5.69 Å². The zero-order valence-corrected chi connectivity index (χ0v) is 11.9. The standard InChI is InChI=1S/C15H24N2O2/c1-3-12(2)11-16-9-6-13(7-10-16)17-8-4-5-14(17)15(18)19/h4-5,8,12-13H,3,6-7,9-11H2,1-2H3,(H,18,19). The summed E-state index contributed by atoms with van der Waals surface area (Å²) < 4.78 is 1.93. The van der Waals surface area contributed by atoms with Gasteiger partial charge in [-0.05, 0) is 30.9 Å². The van der Waals surface area contributed by atoms with Crippen LogP contribution < -0.4 is 0 Å². The topological polar surface area (TPSA) is 45.5 Å². The molecule has 1 unspecified atom stereocenters. The smallest absolute Gasteiger partial charge is 0.352 e. The molecule has 106 valence electrons. The molecule has 1 saturated heterocycles. The van der Waals surface area contributed by atoms with Crippen LogP contribution in [0.2, 0.25) is 0 Å². The van der Waals surface area contributed by atoms with Crippen molar-refractivity contribution in [3.8, 4) is 0 Å². The summed E-state index contributed by atoms with van der Waals surface area (Å²) in [5.74, 6) is -0.0789. The highest BCUT2D eigenvalue weighted by atomic mass is 16.4. The van der Waals surface area contributed by atoms with Crippen LogP contribution in [0.25, 0.3) is 0 Å². The Hall–Kier alpha value is -1.29. The van der Waals surface area contributed by atoms with Crippen LogP contribution in [0, 0.1) is 5.92 Å². The molecule has 1 aliphatic rings. The maximum Gasteiger partial charge on any atom is 0.352 e. The number of piperidine rings is 1. The van der Waals surface area contributed by atoms with Crippen LogP contribution in [0.3, 0.4) is 0 Å². The lowest BCUT2D eigenvalue weighted by Gasteiger charge is -2.34. The predicted octanol–water partition coefficient (Wildman–Crippen LogP) is 2.87. The van der Waals surface area contributed by atoms with Crippen LogP contribution in [0.4, 0.5) is 0 Å². The van der Waals surface area contributed by atoms with Crippen molar-refractivity contribution < 1.29 is 9.90 Å². The van der Waals surface area contributed by atoms with E-state index in [2.05, 4.69) is 18.7 Å². The fraction of sp³-hybridized carbons (Fsp3) is 0.667. The monoisotopic (exact) mass is 264 g/mol. The van der Waals surface area contributed by atoms with Gasteiger partial charge in [-0.2, -0.15) is 0 Å². The van der Waals surface area contributed by atoms with Crippen LogP contribution in [0.1, 0.15) is 49.6 Å². The Morgan fingerprint density at radius 3 is 2.74 bits per heavy atom. The van der Waals surface area contributed by atoms with Crippen molar-refractivity contribution in [2.75, 3.05) is 19.6 Å². The maximum absolute atomic E-state index is 11.1. The summed E-state index contributed by atoms with van der Waals surface area (Å²) in [6.07, 6.45) is 5.22. The van der Waals surface area contributed by atoms with Crippen molar-refractivity contribution in [2.45, 2.75) is 39.2 Å². The minimum Gasteiger partial charge on any atom is -0.477 e. The minimum atomic E-state index is -0.827. The molecule has 0 aromatic carbocycles. The average Bonchev–Trinajstić information content (AvgIpc) is 2.89. The summed E-state index contributed by atoms with van der Waals surface area (Å²) in [7, 11) is 0. The van der Waals surface area contributed by atoms with Gasteiger partial charge in [-0.15, -0.1) is 0 Å². The van der Waals surface area contributed by atoms with Gasteiger partial charge in [0, 0.05) is 31.9 Å². The summed E-state index contributed by atoms with van der Waals surface area (Å²) in [5.41, 5.74) is 0.417. The normalized spacial score (nSPS) is 19.5. The average molecular weight is 264 g/mol. The Bertz CT molecular complexity index is 420. The van der Waals surface area contributed by atoms with E-state index in [0.29, 0.717) is 11.7 Å². The Morgan fingerprint density at radius 1 is 1.47 bits per heavy atom. The van der Waals surface area contributed by atoms with Crippen LogP contribution in [-0.2, 0) is 0 Å². The van der Waals surface area contributed by atoms with E-state index in [1.807, 2.05) is 16.8 Å². The number of carboxylic acids is 1. The summed E-state index contributed by atoms with van der Waals surface area (Å²) in [6.45, 7) is 7.84. The third kappa shape index (κ3) is 3.38. The Kier molecular flexibility index (Phi) is 4.64. The van der Waals surface area contributed by atoms with Crippen molar-refractivity contribution in [1.29, 1.82) is 0 Å². The molecule has 0 aliphatic carbocycles. The molecule has 1 aromatic rings. The van der Waals surface area contributed by atoms with E-state index in [0.717, 1.165) is 31.8 Å². The van der Waals surface area contributed by atoms with E-state index in [1.165, 1.54) is 13.0 Å². The molecule has 2 rings (SSSR count). The Balaban J connectivity index is 1.92. The summed E-state index contributed by atoms with van der Waals surface area (Å²) >= 11 is 0. The second-order valence-electron chi connectivity index (χ2n) is 5.65. The molecule has 0 spiro atoms. The van der Waals surface area contributed by atoms with E-state index < -0.39 is 5.97 Å². The largest absolute Gasteiger partial charge is 0.477 e. The van der Waals surface area contributed by atoms with E-state index in [1.54, 1.807) is 6.07 Å². The van der Waals surface area contributed by atoms with Gasteiger partial charge in [-0.1, -0.05) is 20.3 Å². The molecule has 0 bridgehead atoms. The minimum absolute atomic E-state index is 0.342. The highest BCUT2D eigenvalue weighted by Crippen LogP contribution is 2.25. The molecule has 1 atom stereocenters. The SMILES string of the molecule is CCC(C)CN1CCC(n2cccc2C(=O)O)CC1. The number of aromatic nitrogens is 1. The number of nitrogens with zero attached hydrogens (tertiary/aromatic N) is 2. The highest BCUT2D eigenvalue weighted by Gasteiger charge is 2.23. The van der Waals surface area contributed by atoms with Gasteiger partial charge < -0.3 is 14.6 Å². The van der Waals surface area contributed by atoms with Gasteiger partial charge in [-0.3, -0.25) is 0 Å². The van der Waals surface area contributed by atoms with E-state index in [-0.39, 0.29) is 0 Å². The molecule has 0 saturated carbocycles. The van der Waals surface area contributed by atoms with Crippen molar-refractivity contribution in [1.82, 2.24) is 9.47 Å². The number of likely N-dealkylation sites (tertiary alicyclic amines) is 1. The summed E-state index contributed by atoms with van der Waals surface area (Å²) in [6, 6.07) is 3.86. The Labute approximate surface area is 115 Å². The molecule has 2 heterocycles. The first-order valence-electron chi connectivity index (χ1n) is 7.24. The van der Waals surface area contributed by atoms with Gasteiger partial charge >= 0.3 is 5.97 Å². The van der Waals surface area contributed by atoms with Gasteiger partial charge in [-0.25, -0.2) is 4.79 Å². The van der Waals surface area contributed by atoms with E-state index in [4.69, 9.17) is 5.11 Å². The summed E-state index contributed by atoms with van der Waals surface area (Å²) in [5, 5.41) is 9.16. The van der Waals surface area contributed by atoms with Crippen molar-refractivity contribution >= 4 is 5.97 Å². The maximum atomic E-state index is 11.1. The molecule has 4 heteroatoms. The second kappa shape index (κ2) is 6.24. The molecule has 0 amide bonds. The van der Waals surface area contributed by atoms with Crippen molar-refractivity contribution in [3.63, 3.8) is 0 Å². The van der Waals surface area contributed by atoms with Crippen LogP contribution in [0.15, 0.2) is 18.3 Å². The first-order valence-corrected chi connectivity index (χ1v) is 7.24. The molecule has 1 aliphatic heterocycles. The lowest BCUT2D eigenvalue weighted by Crippen LogP contribution is -2.37. The number of carboxylic acid groups (broad SMARTS) is 1. The zero-order valence-electron chi connectivity index (χ0n) is 11.9. The molecular weight excluding hydrogens is 240 g/mol.